The highest BCUT2D eigenvalue weighted by molar-refractivity contribution is 7.99. The van der Waals surface area contributed by atoms with E-state index in [1.807, 2.05) is 31.2 Å². The second-order valence-electron chi connectivity index (χ2n) is 8.84. The second kappa shape index (κ2) is 10.7. The highest BCUT2D eigenvalue weighted by atomic mass is 35.5. The number of anilines is 1. The lowest BCUT2D eigenvalue weighted by Crippen LogP contribution is -2.23. The topological polar surface area (TPSA) is 73.2 Å². The smallest absolute Gasteiger partial charge is 0.267 e. The molecule has 0 fully saturated rings. The van der Waals surface area contributed by atoms with Crippen molar-refractivity contribution in [1.82, 2.24) is 9.55 Å². The molecule has 0 spiro atoms. The van der Waals surface area contributed by atoms with E-state index >= 15 is 0 Å². The fourth-order valence-electron chi connectivity index (χ4n) is 4.45. The third-order valence-corrected chi connectivity index (χ3v) is 8.47. The van der Waals surface area contributed by atoms with Crippen LogP contribution >= 0.6 is 34.7 Å². The van der Waals surface area contributed by atoms with Crippen LogP contribution in [-0.4, -0.2) is 27.8 Å². The van der Waals surface area contributed by atoms with E-state index in [1.165, 1.54) is 16.6 Å². The summed E-state index contributed by atoms with van der Waals surface area (Å²) in [5.41, 5.74) is 2.37. The third-order valence-electron chi connectivity index (χ3n) is 6.15. The minimum absolute atomic E-state index is 0.0889. The first-order chi connectivity index (χ1) is 17.4. The number of halogens is 1. The number of thioether (sulfide) groups is 1. The zero-order chi connectivity index (χ0) is 25.2. The van der Waals surface area contributed by atoms with Gasteiger partial charge in [0.25, 0.3) is 5.56 Å². The van der Waals surface area contributed by atoms with E-state index in [9.17, 15) is 9.59 Å². The predicted molar refractivity (Wildman–Crippen MR) is 148 cm³/mol. The second-order valence-corrected chi connectivity index (χ2v) is 11.3. The molecule has 0 bridgehead atoms. The normalized spacial score (nSPS) is 15.0. The molecule has 36 heavy (non-hydrogen) atoms. The van der Waals surface area contributed by atoms with Gasteiger partial charge in [-0.1, -0.05) is 36.4 Å². The minimum Gasteiger partial charge on any atom is -0.494 e. The van der Waals surface area contributed by atoms with E-state index in [4.69, 9.17) is 21.3 Å². The van der Waals surface area contributed by atoms with Crippen LogP contribution < -0.4 is 15.6 Å². The van der Waals surface area contributed by atoms with Gasteiger partial charge in [-0.2, -0.15) is 0 Å². The molecule has 1 aliphatic carbocycles. The summed E-state index contributed by atoms with van der Waals surface area (Å²) in [5.74, 6) is 1.24. The number of fused-ring (bicyclic) bond motifs is 3. The maximum atomic E-state index is 13.9. The van der Waals surface area contributed by atoms with Gasteiger partial charge in [0.05, 0.1) is 23.4 Å². The first-order valence-corrected chi connectivity index (χ1v) is 14.1. The predicted octanol–water partition coefficient (Wildman–Crippen LogP) is 6.35. The van der Waals surface area contributed by atoms with Gasteiger partial charge in [-0.3, -0.25) is 14.2 Å². The van der Waals surface area contributed by atoms with Crippen molar-refractivity contribution >= 4 is 56.5 Å². The monoisotopic (exact) mass is 539 g/mol. The maximum Gasteiger partial charge on any atom is 0.267 e. The molecule has 1 N–H and O–H groups in total. The molecular weight excluding hydrogens is 514 g/mol. The van der Waals surface area contributed by atoms with Crippen LogP contribution in [0.1, 0.15) is 30.7 Å². The van der Waals surface area contributed by atoms with E-state index < -0.39 is 0 Å². The van der Waals surface area contributed by atoms with Gasteiger partial charge in [0, 0.05) is 15.6 Å². The van der Waals surface area contributed by atoms with Crippen molar-refractivity contribution < 1.29 is 9.53 Å². The molecule has 2 aromatic heterocycles. The Morgan fingerprint density at radius 1 is 1.28 bits per heavy atom. The molecule has 1 aliphatic rings. The number of nitrogens with one attached hydrogen (secondary N) is 1. The van der Waals surface area contributed by atoms with Crippen LogP contribution in [0.2, 0.25) is 5.02 Å². The van der Waals surface area contributed by atoms with Crippen molar-refractivity contribution in [2.45, 2.75) is 38.3 Å². The lowest BCUT2D eigenvalue weighted by molar-refractivity contribution is -0.113. The van der Waals surface area contributed by atoms with Crippen molar-refractivity contribution in [2.75, 3.05) is 17.7 Å². The van der Waals surface area contributed by atoms with Crippen LogP contribution in [0.5, 0.6) is 5.75 Å². The number of benzene rings is 2. The Hall–Kier alpha value is -2.81. The quantitative estimate of drug-likeness (QED) is 0.219. The van der Waals surface area contributed by atoms with Gasteiger partial charge in [0.15, 0.2) is 5.16 Å². The number of aromatic nitrogens is 2. The summed E-state index contributed by atoms with van der Waals surface area (Å²) in [5, 5.41) is 4.61. The molecule has 1 atom stereocenters. The fraction of sp³-hybridized carbons (Fsp3) is 0.296. The molecule has 2 heterocycles. The SMILES string of the molecule is CCOc1ccc(-n2c(SCC(=O)Nc3cccc(Cl)c3)nc3sc4c(c3c2=O)CCC(C)C4)cc1. The molecule has 1 unspecified atom stereocenters. The average Bonchev–Trinajstić information content (AvgIpc) is 3.21. The average molecular weight is 540 g/mol. The molecule has 6 nitrogen and oxygen atoms in total. The third kappa shape index (κ3) is 5.16. The van der Waals surface area contributed by atoms with E-state index in [2.05, 4.69) is 12.2 Å². The summed E-state index contributed by atoms with van der Waals surface area (Å²) in [6.07, 6.45) is 2.94. The number of hydrogen-bond acceptors (Lipinski definition) is 6. The van der Waals surface area contributed by atoms with Crippen LogP contribution in [0.25, 0.3) is 15.9 Å². The number of amides is 1. The largest absolute Gasteiger partial charge is 0.494 e. The summed E-state index contributed by atoms with van der Waals surface area (Å²) in [6.45, 7) is 4.74. The zero-order valence-corrected chi connectivity index (χ0v) is 22.4. The van der Waals surface area contributed by atoms with Crippen molar-refractivity contribution in [3.63, 3.8) is 0 Å². The number of nitrogens with zero attached hydrogens (tertiary/aromatic N) is 2. The summed E-state index contributed by atoms with van der Waals surface area (Å²) in [7, 11) is 0. The molecule has 9 heteroatoms. The minimum atomic E-state index is -0.200. The molecule has 1 amide bonds. The number of rotatable bonds is 7. The van der Waals surface area contributed by atoms with Crippen LogP contribution in [0.4, 0.5) is 5.69 Å². The summed E-state index contributed by atoms with van der Waals surface area (Å²) >= 11 is 8.89. The molecule has 2 aromatic carbocycles. The number of hydrogen-bond donors (Lipinski definition) is 1. The molecule has 5 rings (SSSR count). The highest BCUT2D eigenvalue weighted by Gasteiger charge is 2.25. The Bertz CT molecular complexity index is 1480. The molecule has 0 radical (unpaired) electrons. The lowest BCUT2D eigenvalue weighted by atomic mass is 9.89. The Morgan fingerprint density at radius 3 is 2.83 bits per heavy atom. The number of aryl methyl sites for hydroxylation is 1. The lowest BCUT2D eigenvalue weighted by Gasteiger charge is -2.18. The Kier molecular flexibility index (Phi) is 7.37. The zero-order valence-electron chi connectivity index (χ0n) is 20.0. The van der Waals surface area contributed by atoms with Gasteiger partial charge >= 0.3 is 0 Å². The summed E-state index contributed by atoms with van der Waals surface area (Å²) in [4.78, 5) is 33.5. The van der Waals surface area contributed by atoms with Crippen LogP contribution in [0.15, 0.2) is 58.5 Å². The fourth-order valence-corrected chi connectivity index (χ4v) is 6.87. The van der Waals surface area contributed by atoms with Gasteiger partial charge in [-0.05, 0) is 80.1 Å². The standard InChI is InChI=1S/C27H26ClN3O3S2/c1-3-34-20-10-8-19(9-11-20)31-26(33)24-21-12-7-16(2)13-22(21)36-25(24)30-27(31)35-15-23(32)29-18-6-4-5-17(28)14-18/h4-6,8-11,14,16H,3,7,12-13,15H2,1-2H3,(H,29,32). The molecule has 186 valence electrons. The number of carbonyl (C=O) groups is 1. The van der Waals surface area contributed by atoms with Gasteiger partial charge in [-0.25, -0.2) is 4.98 Å². The van der Waals surface area contributed by atoms with Crippen LogP contribution in [0.3, 0.4) is 0 Å². The van der Waals surface area contributed by atoms with Gasteiger partial charge in [0.1, 0.15) is 10.6 Å². The van der Waals surface area contributed by atoms with E-state index in [1.54, 1.807) is 40.2 Å². The molecule has 0 saturated carbocycles. The highest BCUT2D eigenvalue weighted by Crippen LogP contribution is 2.37. The van der Waals surface area contributed by atoms with E-state index in [-0.39, 0.29) is 17.2 Å². The van der Waals surface area contributed by atoms with E-state index in [0.29, 0.717) is 39.5 Å². The first kappa shape index (κ1) is 24.9. The van der Waals surface area contributed by atoms with Crippen molar-refractivity contribution in [3.8, 4) is 11.4 Å². The summed E-state index contributed by atoms with van der Waals surface area (Å²) in [6, 6.07) is 14.4. The molecular formula is C27H26ClN3O3S2. The maximum absolute atomic E-state index is 13.9. The molecule has 4 aromatic rings. The number of carbonyl (C=O) groups excluding carboxylic acids is 1. The van der Waals surface area contributed by atoms with Crippen LogP contribution in [0, 0.1) is 5.92 Å². The summed E-state index contributed by atoms with van der Waals surface area (Å²) < 4.78 is 7.20. The number of ether oxygens (including phenoxy) is 1. The first-order valence-electron chi connectivity index (χ1n) is 11.9. The molecule has 0 saturated heterocycles. The Balaban J connectivity index is 1.52. The van der Waals surface area contributed by atoms with Crippen molar-refractivity contribution in [2.24, 2.45) is 5.92 Å². The Labute approximate surface area is 222 Å². The van der Waals surface area contributed by atoms with Crippen LogP contribution in [-0.2, 0) is 17.6 Å². The van der Waals surface area contributed by atoms with Gasteiger partial charge < -0.3 is 10.1 Å². The number of thiophene rings is 1. The van der Waals surface area contributed by atoms with E-state index in [0.717, 1.165) is 35.4 Å². The van der Waals surface area contributed by atoms with Crippen molar-refractivity contribution in [3.05, 3.63) is 74.3 Å². The van der Waals surface area contributed by atoms with Gasteiger partial charge in [-0.15, -0.1) is 11.3 Å². The van der Waals surface area contributed by atoms with Gasteiger partial charge in [0.2, 0.25) is 5.91 Å². The molecule has 0 aliphatic heterocycles. The van der Waals surface area contributed by atoms with Crippen molar-refractivity contribution in [1.29, 1.82) is 0 Å². The Morgan fingerprint density at radius 2 is 2.08 bits per heavy atom.